The predicted octanol–water partition coefficient (Wildman–Crippen LogP) is 3.32. The Kier molecular flexibility index (Phi) is 5.89. The predicted molar refractivity (Wildman–Crippen MR) is 138 cm³/mol. The third-order valence-corrected chi connectivity index (χ3v) is 8.47. The number of aromatic nitrogens is 5. The SMILES string of the molecule is Cc1cc(-c2[nH]c3sc(N4CCN(CCS(C)(=O)=O)C[C@H]4C)nc3c2C(C)C)cn2ncnc12. The molecule has 5 heterocycles. The van der Waals surface area contributed by atoms with Crippen molar-refractivity contribution in [2.45, 2.75) is 39.7 Å². The third kappa shape index (κ3) is 4.32. The zero-order valence-corrected chi connectivity index (χ0v) is 21.9. The highest BCUT2D eigenvalue weighted by atomic mass is 32.2. The normalized spacial score (nSPS) is 18.1. The molecule has 0 radical (unpaired) electrons. The molecule has 4 aromatic heterocycles. The first-order valence-corrected chi connectivity index (χ1v) is 14.5. The van der Waals surface area contributed by atoms with Gasteiger partial charge >= 0.3 is 0 Å². The van der Waals surface area contributed by atoms with Gasteiger partial charge < -0.3 is 9.88 Å². The highest BCUT2D eigenvalue weighted by molar-refractivity contribution is 7.90. The van der Waals surface area contributed by atoms with E-state index in [1.54, 1.807) is 17.7 Å². The van der Waals surface area contributed by atoms with Crippen LogP contribution in [0.15, 0.2) is 18.6 Å². The number of fused-ring (bicyclic) bond motifs is 2. The van der Waals surface area contributed by atoms with Gasteiger partial charge in [0.15, 0.2) is 10.8 Å². The van der Waals surface area contributed by atoms with E-state index in [1.165, 1.54) is 11.8 Å². The quantitative estimate of drug-likeness (QED) is 0.433. The number of hydrogen-bond donors (Lipinski definition) is 1. The Morgan fingerprint density at radius 2 is 2.09 bits per heavy atom. The Bertz CT molecular complexity index is 1450. The number of pyridine rings is 1. The van der Waals surface area contributed by atoms with Crippen LogP contribution in [-0.2, 0) is 9.84 Å². The van der Waals surface area contributed by atoms with Gasteiger partial charge in [0.2, 0.25) is 0 Å². The van der Waals surface area contributed by atoms with Gasteiger partial charge in [-0.1, -0.05) is 25.2 Å². The van der Waals surface area contributed by atoms with Crippen molar-refractivity contribution >= 4 is 42.3 Å². The summed E-state index contributed by atoms with van der Waals surface area (Å²) in [6.45, 7) is 11.8. The van der Waals surface area contributed by atoms with Gasteiger partial charge in [-0.2, -0.15) is 5.10 Å². The fraction of sp³-hybridized carbons (Fsp3) is 0.522. The molecule has 0 aromatic carbocycles. The van der Waals surface area contributed by atoms with Crippen LogP contribution in [0.2, 0.25) is 0 Å². The Morgan fingerprint density at radius 1 is 1.29 bits per heavy atom. The van der Waals surface area contributed by atoms with Crippen LogP contribution in [0.1, 0.15) is 37.8 Å². The maximum atomic E-state index is 11.5. The number of thiazole rings is 1. The lowest BCUT2D eigenvalue weighted by molar-refractivity contribution is 0.240. The molecule has 5 rings (SSSR count). The average molecular weight is 502 g/mol. The number of nitrogens with zero attached hydrogens (tertiary/aromatic N) is 6. The fourth-order valence-corrected chi connectivity index (χ4v) is 6.54. The molecule has 4 aromatic rings. The minimum Gasteiger partial charge on any atom is -0.345 e. The van der Waals surface area contributed by atoms with Crippen LogP contribution >= 0.6 is 11.3 Å². The van der Waals surface area contributed by atoms with Gasteiger partial charge in [-0.15, -0.1) is 0 Å². The van der Waals surface area contributed by atoms with E-state index in [-0.39, 0.29) is 11.8 Å². The summed E-state index contributed by atoms with van der Waals surface area (Å²) in [5, 5.41) is 5.35. The van der Waals surface area contributed by atoms with Crippen molar-refractivity contribution in [1.29, 1.82) is 0 Å². The Labute approximate surface area is 203 Å². The van der Waals surface area contributed by atoms with E-state index in [4.69, 9.17) is 4.98 Å². The van der Waals surface area contributed by atoms with Crippen molar-refractivity contribution in [2.75, 3.05) is 43.1 Å². The summed E-state index contributed by atoms with van der Waals surface area (Å²) >= 11 is 1.69. The number of anilines is 1. The molecule has 0 bridgehead atoms. The maximum absolute atomic E-state index is 11.5. The second kappa shape index (κ2) is 8.62. The lowest BCUT2D eigenvalue weighted by Crippen LogP contribution is -2.52. The number of aryl methyl sites for hydroxylation is 1. The molecule has 34 heavy (non-hydrogen) atoms. The van der Waals surface area contributed by atoms with E-state index >= 15 is 0 Å². The van der Waals surface area contributed by atoms with Crippen molar-refractivity contribution < 1.29 is 8.42 Å². The maximum Gasteiger partial charge on any atom is 0.188 e. The van der Waals surface area contributed by atoms with Gasteiger partial charge in [0.05, 0.1) is 11.4 Å². The van der Waals surface area contributed by atoms with Gasteiger partial charge in [0, 0.05) is 55.8 Å². The number of sulfone groups is 1. The molecule has 0 saturated carbocycles. The molecule has 1 fully saturated rings. The number of H-pyrrole nitrogens is 1. The number of hydrogen-bond acceptors (Lipinski definition) is 8. The molecule has 0 spiro atoms. The third-order valence-electron chi connectivity index (χ3n) is 6.54. The van der Waals surface area contributed by atoms with E-state index < -0.39 is 9.84 Å². The lowest BCUT2D eigenvalue weighted by Gasteiger charge is -2.39. The number of rotatable bonds is 6. The zero-order chi connectivity index (χ0) is 24.2. The van der Waals surface area contributed by atoms with Crippen LogP contribution in [-0.4, -0.2) is 82.1 Å². The monoisotopic (exact) mass is 501 g/mol. The topological polar surface area (TPSA) is 99.5 Å². The van der Waals surface area contributed by atoms with Crippen molar-refractivity contribution in [3.8, 4) is 11.3 Å². The molecule has 11 heteroatoms. The fourth-order valence-electron chi connectivity index (χ4n) is 4.83. The number of aromatic amines is 1. The molecule has 1 aliphatic rings. The first kappa shape index (κ1) is 23.3. The van der Waals surface area contributed by atoms with E-state index in [0.717, 1.165) is 57.6 Å². The summed E-state index contributed by atoms with van der Waals surface area (Å²) in [5.74, 6) is 0.510. The van der Waals surface area contributed by atoms with Crippen LogP contribution < -0.4 is 4.90 Å². The summed E-state index contributed by atoms with van der Waals surface area (Å²) < 4.78 is 24.9. The summed E-state index contributed by atoms with van der Waals surface area (Å²) in [6, 6.07) is 2.42. The van der Waals surface area contributed by atoms with E-state index in [1.807, 2.05) is 10.7 Å². The Balaban J connectivity index is 1.44. The molecule has 0 aliphatic carbocycles. The minimum absolute atomic E-state index is 0.209. The molecular weight excluding hydrogens is 470 g/mol. The lowest BCUT2D eigenvalue weighted by atomic mass is 9.99. The van der Waals surface area contributed by atoms with E-state index in [2.05, 4.69) is 58.6 Å². The number of nitrogens with one attached hydrogen (secondary N) is 1. The average Bonchev–Trinajstić information content (AvgIpc) is 3.45. The molecule has 182 valence electrons. The van der Waals surface area contributed by atoms with Crippen LogP contribution in [0.4, 0.5) is 5.13 Å². The molecule has 1 saturated heterocycles. The summed E-state index contributed by atoms with van der Waals surface area (Å²) in [4.78, 5) is 18.8. The molecule has 1 atom stereocenters. The van der Waals surface area contributed by atoms with Crippen LogP contribution in [0, 0.1) is 6.92 Å². The summed E-state index contributed by atoms with van der Waals surface area (Å²) in [5.41, 5.74) is 6.38. The number of piperazine rings is 1. The zero-order valence-electron chi connectivity index (χ0n) is 20.2. The highest BCUT2D eigenvalue weighted by Gasteiger charge is 2.28. The van der Waals surface area contributed by atoms with Gasteiger partial charge in [-0.05, 0) is 31.4 Å². The van der Waals surface area contributed by atoms with Gasteiger partial charge in [0.25, 0.3) is 0 Å². The first-order valence-electron chi connectivity index (χ1n) is 11.6. The molecule has 1 aliphatic heterocycles. The minimum atomic E-state index is -2.95. The van der Waals surface area contributed by atoms with Crippen LogP contribution in [0.25, 0.3) is 27.3 Å². The standard InChI is InChI=1S/C23H31N7O2S2/c1-14(2)18-19(17-10-15(3)21-24-13-25-30(21)12-17)26-22-20(18)27-23(33-22)29-7-6-28(11-16(29)4)8-9-34(5,31)32/h10,12-14,16,26H,6-9,11H2,1-5H3/t16-/m1/s1. The van der Waals surface area contributed by atoms with Crippen LogP contribution in [0.5, 0.6) is 0 Å². The van der Waals surface area contributed by atoms with Gasteiger partial charge in [-0.25, -0.2) is 22.9 Å². The Morgan fingerprint density at radius 3 is 2.79 bits per heavy atom. The van der Waals surface area contributed by atoms with Gasteiger partial charge in [0.1, 0.15) is 26.5 Å². The molecule has 1 N–H and O–H groups in total. The van der Waals surface area contributed by atoms with Crippen molar-refractivity contribution in [3.05, 3.63) is 29.7 Å². The molecule has 0 amide bonds. The summed E-state index contributed by atoms with van der Waals surface area (Å²) in [6.07, 6.45) is 4.91. The highest BCUT2D eigenvalue weighted by Crippen LogP contribution is 2.40. The molecular formula is C23H31N7O2S2. The molecule has 9 nitrogen and oxygen atoms in total. The smallest absolute Gasteiger partial charge is 0.188 e. The van der Waals surface area contributed by atoms with Gasteiger partial charge in [-0.3, -0.25) is 4.90 Å². The summed E-state index contributed by atoms with van der Waals surface area (Å²) in [7, 11) is -2.95. The largest absolute Gasteiger partial charge is 0.345 e. The first-order chi connectivity index (χ1) is 16.1. The van der Waals surface area contributed by atoms with Crippen molar-refractivity contribution in [2.24, 2.45) is 0 Å². The van der Waals surface area contributed by atoms with Crippen LogP contribution in [0.3, 0.4) is 0 Å². The van der Waals surface area contributed by atoms with Crippen molar-refractivity contribution in [1.82, 2.24) is 29.5 Å². The van der Waals surface area contributed by atoms with E-state index in [0.29, 0.717) is 12.5 Å². The van der Waals surface area contributed by atoms with Crippen molar-refractivity contribution in [3.63, 3.8) is 0 Å². The Hall–Kier alpha value is -2.50. The second-order valence-electron chi connectivity index (χ2n) is 9.66. The van der Waals surface area contributed by atoms with E-state index in [9.17, 15) is 8.42 Å². The second-order valence-corrected chi connectivity index (χ2v) is 12.9. The molecule has 0 unspecified atom stereocenters.